The average molecular weight is 357 g/mol. The number of unbranched alkanes of at least 4 members (excludes halogenated alkanes) is 1. The van der Waals surface area contributed by atoms with Gasteiger partial charge in [0.05, 0.1) is 11.9 Å². The SMILES string of the molecule is CC1CCCN(CCCCNc2cnn(C)c(=O)c2Br)C1. The molecule has 6 heteroatoms. The number of anilines is 1. The minimum Gasteiger partial charge on any atom is -0.383 e. The van der Waals surface area contributed by atoms with Crippen molar-refractivity contribution in [2.24, 2.45) is 13.0 Å². The van der Waals surface area contributed by atoms with Gasteiger partial charge in [-0.15, -0.1) is 0 Å². The molecule has 1 fully saturated rings. The molecule has 0 bridgehead atoms. The van der Waals surface area contributed by atoms with Crippen LogP contribution in [0.2, 0.25) is 0 Å². The van der Waals surface area contributed by atoms with Gasteiger partial charge < -0.3 is 10.2 Å². The molecule has 1 unspecified atom stereocenters. The van der Waals surface area contributed by atoms with Crippen LogP contribution in [0, 0.1) is 5.92 Å². The fourth-order valence-electron chi connectivity index (χ4n) is 2.81. The van der Waals surface area contributed by atoms with Crippen molar-refractivity contribution in [2.45, 2.75) is 32.6 Å². The zero-order valence-electron chi connectivity index (χ0n) is 12.9. The molecule has 0 spiro atoms. The van der Waals surface area contributed by atoms with E-state index in [-0.39, 0.29) is 5.56 Å². The molecule has 1 N–H and O–H groups in total. The van der Waals surface area contributed by atoms with Gasteiger partial charge in [0.25, 0.3) is 5.56 Å². The van der Waals surface area contributed by atoms with Crippen molar-refractivity contribution >= 4 is 21.6 Å². The normalized spacial score (nSPS) is 19.7. The summed E-state index contributed by atoms with van der Waals surface area (Å²) in [5.41, 5.74) is 0.673. The van der Waals surface area contributed by atoms with E-state index in [1.807, 2.05) is 0 Å². The molecule has 0 saturated carbocycles. The van der Waals surface area contributed by atoms with E-state index < -0.39 is 0 Å². The molecule has 1 saturated heterocycles. The Morgan fingerprint density at radius 3 is 3.05 bits per heavy atom. The van der Waals surface area contributed by atoms with Crippen molar-refractivity contribution in [1.82, 2.24) is 14.7 Å². The number of hydrogen-bond acceptors (Lipinski definition) is 4. The van der Waals surface area contributed by atoms with E-state index in [9.17, 15) is 4.79 Å². The fourth-order valence-corrected chi connectivity index (χ4v) is 3.31. The van der Waals surface area contributed by atoms with Gasteiger partial charge in [0.2, 0.25) is 0 Å². The maximum Gasteiger partial charge on any atom is 0.282 e. The van der Waals surface area contributed by atoms with Crippen LogP contribution in [-0.2, 0) is 7.05 Å². The maximum absolute atomic E-state index is 11.7. The Balaban J connectivity index is 1.68. The number of aromatic nitrogens is 2. The molecular weight excluding hydrogens is 332 g/mol. The van der Waals surface area contributed by atoms with Gasteiger partial charge in [0, 0.05) is 20.1 Å². The van der Waals surface area contributed by atoms with Crippen LogP contribution in [0.25, 0.3) is 0 Å². The zero-order chi connectivity index (χ0) is 15.2. The Labute approximate surface area is 134 Å². The van der Waals surface area contributed by atoms with Crippen LogP contribution in [0.3, 0.4) is 0 Å². The number of likely N-dealkylation sites (tertiary alicyclic amines) is 1. The second kappa shape index (κ2) is 7.94. The highest BCUT2D eigenvalue weighted by Crippen LogP contribution is 2.17. The van der Waals surface area contributed by atoms with Crippen molar-refractivity contribution in [3.05, 3.63) is 21.0 Å². The fraction of sp³-hybridized carbons (Fsp3) is 0.733. The zero-order valence-corrected chi connectivity index (χ0v) is 14.5. The van der Waals surface area contributed by atoms with Gasteiger partial charge in [-0.05, 0) is 60.6 Å². The maximum atomic E-state index is 11.7. The Bertz CT molecular complexity index is 517. The van der Waals surface area contributed by atoms with Crippen LogP contribution < -0.4 is 10.9 Å². The van der Waals surface area contributed by atoms with Crippen LogP contribution in [-0.4, -0.2) is 40.9 Å². The summed E-state index contributed by atoms with van der Waals surface area (Å²) in [7, 11) is 1.65. The molecule has 2 heterocycles. The van der Waals surface area contributed by atoms with Crippen LogP contribution in [0.15, 0.2) is 15.5 Å². The first kappa shape index (κ1) is 16.5. The molecule has 1 aliphatic heterocycles. The lowest BCUT2D eigenvalue weighted by molar-refractivity contribution is 0.181. The highest BCUT2D eigenvalue weighted by atomic mass is 79.9. The quantitative estimate of drug-likeness (QED) is 0.795. The van der Waals surface area contributed by atoms with Crippen LogP contribution >= 0.6 is 15.9 Å². The van der Waals surface area contributed by atoms with Crippen molar-refractivity contribution < 1.29 is 0 Å². The van der Waals surface area contributed by atoms with Gasteiger partial charge >= 0.3 is 0 Å². The molecule has 1 aliphatic rings. The van der Waals surface area contributed by atoms with E-state index >= 15 is 0 Å². The predicted molar refractivity (Wildman–Crippen MR) is 89.7 cm³/mol. The smallest absolute Gasteiger partial charge is 0.282 e. The third kappa shape index (κ3) is 4.81. The lowest BCUT2D eigenvalue weighted by Crippen LogP contribution is -2.35. The van der Waals surface area contributed by atoms with E-state index in [1.165, 1.54) is 43.6 Å². The number of rotatable bonds is 6. The number of halogens is 1. The topological polar surface area (TPSA) is 50.2 Å². The molecule has 1 aromatic rings. The first-order valence-corrected chi connectivity index (χ1v) is 8.55. The molecule has 1 atom stereocenters. The predicted octanol–water partition coefficient (Wildman–Crippen LogP) is 2.47. The number of hydrogen-bond donors (Lipinski definition) is 1. The largest absolute Gasteiger partial charge is 0.383 e. The van der Waals surface area contributed by atoms with Crippen molar-refractivity contribution in [1.29, 1.82) is 0 Å². The molecule has 2 rings (SSSR count). The minimum absolute atomic E-state index is 0.109. The monoisotopic (exact) mass is 356 g/mol. The van der Waals surface area contributed by atoms with E-state index in [1.54, 1.807) is 13.2 Å². The van der Waals surface area contributed by atoms with Crippen LogP contribution in [0.5, 0.6) is 0 Å². The summed E-state index contributed by atoms with van der Waals surface area (Å²) in [5, 5.41) is 7.31. The Morgan fingerprint density at radius 2 is 2.29 bits per heavy atom. The standard InChI is InChI=1S/C15H25BrN4O/c1-12-6-5-9-20(11-12)8-4-3-7-17-13-10-18-19(2)15(21)14(13)16/h10,12,17H,3-9,11H2,1-2H3. The number of aryl methyl sites for hydroxylation is 1. The Hall–Kier alpha value is -0.880. The summed E-state index contributed by atoms with van der Waals surface area (Å²) in [5.74, 6) is 0.847. The lowest BCUT2D eigenvalue weighted by atomic mass is 10.0. The Morgan fingerprint density at radius 1 is 1.48 bits per heavy atom. The van der Waals surface area contributed by atoms with Crippen LogP contribution in [0.1, 0.15) is 32.6 Å². The number of nitrogens with zero attached hydrogens (tertiary/aromatic N) is 3. The summed E-state index contributed by atoms with van der Waals surface area (Å²) in [6, 6.07) is 0. The molecule has 118 valence electrons. The lowest BCUT2D eigenvalue weighted by Gasteiger charge is -2.30. The molecule has 5 nitrogen and oxygen atoms in total. The van der Waals surface area contributed by atoms with Crippen molar-refractivity contribution in [3.63, 3.8) is 0 Å². The molecule has 0 radical (unpaired) electrons. The van der Waals surface area contributed by atoms with E-state index in [0.29, 0.717) is 4.47 Å². The van der Waals surface area contributed by atoms with E-state index in [2.05, 4.69) is 38.2 Å². The number of piperidine rings is 1. The average Bonchev–Trinajstić information content (AvgIpc) is 2.47. The summed E-state index contributed by atoms with van der Waals surface area (Å²) >= 11 is 3.33. The van der Waals surface area contributed by atoms with Crippen molar-refractivity contribution in [3.8, 4) is 0 Å². The van der Waals surface area contributed by atoms with Gasteiger partial charge in [0.1, 0.15) is 4.47 Å². The molecule has 1 aromatic heterocycles. The molecule has 0 aromatic carbocycles. The van der Waals surface area contributed by atoms with Gasteiger partial charge in [-0.2, -0.15) is 5.10 Å². The second-order valence-electron chi connectivity index (χ2n) is 5.98. The summed E-state index contributed by atoms with van der Waals surface area (Å²) in [6.07, 6.45) is 6.70. The Kier molecular flexibility index (Phi) is 6.23. The highest BCUT2D eigenvalue weighted by Gasteiger charge is 2.15. The molecule has 0 amide bonds. The van der Waals surface area contributed by atoms with Crippen LogP contribution in [0.4, 0.5) is 5.69 Å². The molecule has 0 aliphatic carbocycles. The first-order chi connectivity index (χ1) is 10.1. The summed E-state index contributed by atoms with van der Waals surface area (Å²) < 4.78 is 1.89. The minimum atomic E-state index is -0.109. The number of nitrogens with one attached hydrogen (secondary N) is 1. The highest BCUT2D eigenvalue weighted by molar-refractivity contribution is 9.10. The molecular formula is C15H25BrN4O. The first-order valence-electron chi connectivity index (χ1n) is 7.76. The van der Waals surface area contributed by atoms with Gasteiger partial charge in [-0.3, -0.25) is 4.79 Å². The van der Waals surface area contributed by atoms with Gasteiger partial charge in [-0.1, -0.05) is 6.92 Å². The second-order valence-corrected chi connectivity index (χ2v) is 6.78. The van der Waals surface area contributed by atoms with E-state index in [4.69, 9.17) is 0 Å². The van der Waals surface area contributed by atoms with Crippen molar-refractivity contribution in [2.75, 3.05) is 31.5 Å². The third-order valence-electron chi connectivity index (χ3n) is 4.04. The third-order valence-corrected chi connectivity index (χ3v) is 4.80. The molecule has 21 heavy (non-hydrogen) atoms. The van der Waals surface area contributed by atoms with Gasteiger partial charge in [0.15, 0.2) is 0 Å². The summed E-state index contributed by atoms with van der Waals surface area (Å²) in [6.45, 7) is 6.90. The summed E-state index contributed by atoms with van der Waals surface area (Å²) in [4.78, 5) is 14.3. The van der Waals surface area contributed by atoms with Gasteiger partial charge in [-0.25, -0.2) is 4.68 Å². The van der Waals surface area contributed by atoms with E-state index in [0.717, 1.165) is 24.6 Å².